The average Bonchev–Trinajstić information content (AvgIpc) is 2.12. The topological polar surface area (TPSA) is 66.6 Å². The second-order valence-electron chi connectivity index (χ2n) is 4.05. The number of halogens is 3. The van der Waals surface area contributed by atoms with E-state index in [0.717, 1.165) is 4.90 Å². The Balaban J connectivity index is 2.71. The number of rotatable bonds is 3. The summed E-state index contributed by atoms with van der Waals surface area (Å²) in [5, 5.41) is 8.49. The molecular weight excluding hydrogens is 225 g/mol. The fourth-order valence-corrected chi connectivity index (χ4v) is 1.94. The molecular formula is C9H15F3N2O2. The van der Waals surface area contributed by atoms with Crippen molar-refractivity contribution in [3.05, 3.63) is 0 Å². The molecule has 0 aromatic carbocycles. The normalized spacial score (nSPS) is 25.4. The van der Waals surface area contributed by atoms with Crippen molar-refractivity contribution in [1.29, 1.82) is 0 Å². The summed E-state index contributed by atoms with van der Waals surface area (Å²) in [5.41, 5.74) is 5.58. The summed E-state index contributed by atoms with van der Waals surface area (Å²) >= 11 is 0. The molecule has 2 unspecified atom stereocenters. The minimum Gasteiger partial charge on any atom is -0.481 e. The Bertz CT molecular complexity index is 258. The van der Waals surface area contributed by atoms with Crippen LogP contribution in [-0.4, -0.2) is 47.3 Å². The first-order chi connectivity index (χ1) is 7.30. The van der Waals surface area contributed by atoms with Crippen molar-refractivity contribution in [2.24, 2.45) is 5.73 Å². The fourth-order valence-electron chi connectivity index (χ4n) is 1.94. The van der Waals surface area contributed by atoms with Gasteiger partial charge in [0.05, 0.1) is 6.42 Å². The summed E-state index contributed by atoms with van der Waals surface area (Å²) in [6.07, 6.45) is -4.17. The zero-order valence-corrected chi connectivity index (χ0v) is 8.70. The lowest BCUT2D eigenvalue weighted by molar-refractivity contribution is -0.193. The molecule has 3 N–H and O–H groups in total. The third kappa shape index (κ3) is 3.64. The smallest absolute Gasteiger partial charge is 0.404 e. The van der Waals surface area contributed by atoms with Gasteiger partial charge < -0.3 is 10.8 Å². The van der Waals surface area contributed by atoms with E-state index >= 15 is 0 Å². The molecule has 4 nitrogen and oxygen atoms in total. The molecule has 1 heterocycles. The highest BCUT2D eigenvalue weighted by molar-refractivity contribution is 5.67. The number of carboxylic acid groups (broad SMARTS) is 1. The molecule has 0 bridgehead atoms. The summed E-state index contributed by atoms with van der Waals surface area (Å²) in [7, 11) is 0. The Labute approximate surface area is 91.2 Å². The summed E-state index contributed by atoms with van der Waals surface area (Å²) in [6.45, 7) is 0.364. The van der Waals surface area contributed by atoms with Crippen molar-refractivity contribution < 1.29 is 23.1 Å². The van der Waals surface area contributed by atoms with E-state index in [4.69, 9.17) is 10.8 Å². The summed E-state index contributed by atoms with van der Waals surface area (Å²) in [4.78, 5) is 11.5. The summed E-state index contributed by atoms with van der Waals surface area (Å²) < 4.78 is 37.9. The van der Waals surface area contributed by atoms with Gasteiger partial charge in [0, 0.05) is 12.6 Å². The third-order valence-electron chi connectivity index (χ3n) is 2.68. The molecule has 2 atom stereocenters. The minimum atomic E-state index is -4.52. The van der Waals surface area contributed by atoms with Gasteiger partial charge in [0.2, 0.25) is 0 Å². The number of aliphatic carboxylic acids is 1. The van der Waals surface area contributed by atoms with E-state index in [1.165, 1.54) is 0 Å². The van der Waals surface area contributed by atoms with Crippen molar-refractivity contribution in [3.8, 4) is 0 Å². The van der Waals surface area contributed by atoms with Crippen LogP contribution in [0.2, 0.25) is 0 Å². The Morgan fingerprint density at radius 2 is 2.19 bits per heavy atom. The number of alkyl halides is 3. The maximum atomic E-state index is 12.6. The van der Waals surface area contributed by atoms with Gasteiger partial charge in [-0.25, -0.2) is 0 Å². The van der Waals surface area contributed by atoms with E-state index in [9.17, 15) is 18.0 Å². The molecule has 94 valence electrons. The lowest BCUT2D eigenvalue weighted by atomic mass is 10.0. The SMILES string of the molecule is NC1CCCN(C(CC(=O)O)C(F)(F)F)C1. The molecule has 0 aliphatic carbocycles. The molecule has 0 aromatic rings. The number of nitrogens with two attached hydrogens (primary N) is 1. The second-order valence-corrected chi connectivity index (χ2v) is 4.05. The number of likely N-dealkylation sites (tertiary alicyclic amines) is 1. The van der Waals surface area contributed by atoms with Gasteiger partial charge in [0.1, 0.15) is 6.04 Å². The highest BCUT2D eigenvalue weighted by atomic mass is 19.4. The Hall–Kier alpha value is -0.820. The van der Waals surface area contributed by atoms with Crippen molar-refractivity contribution in [1.82, 2.24) is 4.90 Å². The van der Waals surface area contributed by atoms with Crippen LogP contribution in [0.25, 0.3) is 0 Å². The van der Waals surface area contributed by atoms with Crippen LogP contribution in [0.1, 0.15) is 19.3 Å². The molecule has 0 amide bonds. The number of carboxylic acids is 1. The van der Waals surface area contributed by atoms with Crippen LogP contribution in [0, 0.1) is 0 Å². The van der Waals surface area contributed by atoms with E-state index < -0.39 is 24.6 Å². The van der Waals surface area contributed by atoms with Crippen LogP contribution in [-0.2, 0) is 4.79 Å². The van der Waals surface area contributed by atoms with Gasteiger partial charge in [-0.3, -0.25) is 9.69 Å². The van der Waals surface area contributed by atoms with Crippen molar-refractivity contribution in [2.75, 3.05) is 13.1 Å². The standard InChI is InChI=1S/C9H15F3N2O2/c10-9(11,12)7(4-8(15)16)14-3-1-2-6(13)5-14/h6-7H,1-5,13H2,(H,15,16). The molecule has 1 saturated heterocycles. The summed E-state index contributed by atoms with van der Waals surface area (Å²) in [6, 6.07) is -2.22. The molecule has 0 aromatic heterocycles. The van der Waals surface area contributed by atoms with Crippen LogP contribution in [0.15, 0.2) is 0 Å². The molecule has 16 heavy (non-hydrogen) atoms. The van der Waals surface area contributed by atoms with Crippen LogP contribution in [0.3, 0.4) is 0 Å². The van der Waals surface area contributed by atoms with E-state index in [1.54, 1.807) is 0 Å². The van der Waals surface area contributed by atoms with E-state index in [2.05, 4.69) is 0 Å². The predicted molar refractivity (Wildman–Crippen MR) is 50.9 cm³/mol. The fraction of sp³-hybridized carbons (Fsp3) is 0.889. The maximum absolute atomic E-state index is 12.6. The molecule has 0 spiro atoms. The van der Waals surface area contributed by atoms with Crippen molar-refractivity contribution in [2.45, 2.75) is 37.5 Å². The Kier molecular flexibility index (Phi) is 4.15. The van der Waals surface area contributed by atoms with E-state index in [-0.39, 0.29) is 19.1 Å². The maximum Gasteiger partial charge on any atom is 0.404 e. The number of carbonyl (C=O) groups is 1. The van der Waals surface area contributed by atoms with Crippen LogP contribution in [0.4, 0.5) is 13.2 Å². The monoisotopic (exact) mass is 240 g/mol. The van der Waals surface area contributed by atoms with Crippen LogP contribution >= 0.6 is 0 Å². The largest absolute Gasteiger partial charge is 0.481 e. The first-order valence-corrected chi connectivity index (χ1v) is 5.09. The van der Waals surface area contributed by atoms with Crippen molar-refractivity contribution >= 4 is 5.97 Å². The number of piperidine rings is 1. The molecule has 7 heteroatoms. The van der Waals surface area contributed by atoms with Gasteiger partial charge in [-0.15, -0.1) is 0 Å². The molecule has 0 saturated carbocycles. The number of hydrogen-bond donors (Lipinski definition) is 2. The van der Waals surface area contributed by atoms with Gasteiger partial charge in [-0.05, 0) is 19.4 Å². The van der Waals surface area contributed by atoms with Crippen molar-refractivity contribution in [3.63, 3.8) is 0 Å². The van der Waals surface area contributed by atoms with Gasteiger partial charge in [0.15, 0.2) is 0 Å². The lowest BCUT2D eigenvalue weighted by Gasteiger charge is -2.37. The van der Waals surface area contributed by atoms with Crippen LogP contribution in [0.5, 0.6) is 0 Å². The third-order valence-corrected chi connectivity index (χ3v) is 2.68. The highest BCUT2D eigenvalue weighted by Gasteiger charge is 2.45. The van der Waals surface area contributed by atoms with E-state index in [1.807, 2.05) is 0 Å². The van der Waals surface area contributed by atoms with Gasteiger partial charge in [0.25, 0.3) is 0 Å². The van der Waals surface area contributed by atoms with E-state index in [0.29, 0.717) is 12.8 Å². The minimum absolute atomic E-state index is 0.109. The van der Waals surface area contributed by atoms with Gasteiger partial charge in [-0.2, -0.15) is 13.2 Å². The molecule has 1 fully saturated rings. The molecule has 1 aliphatic rings. The molecule has 0 radical (unpaired) electrons. The quantitative estimate of drug-likeness (QED) is 0.766. The second kappa shape index (κ2) is 5.01. The number of nitrogens with zero attached hydrogens (tertiary/aromatic N) is 1. The first-order valence-electron chi connectivity index (χ1n) is 5.09. The van der Waals surface area contributed by atoms with Gasteiger partial charge in [-0.1, -0.05) is 0 Å². The molecule has 1 aliphatic heterocycles. The first kappa shape index (κ1) is 13.2. The Morgan fingerprint density at radius 1 is 1.56 bits per heavy atom. The summed E-state index contributed by atoms with van der Waals surface area (Å²) in [5.74, 6) is -1.44. The zero-order chi connectivity index (χ0) is 12.3. The molecule has 1 rings (SSSR count). The number of hydrogen-bond acceptors (Lipinski definition) is 3. The lowest BCUT2D eigenvalue weighted by Crippen LogP contribution is -2.53. The highest BCUT2D eigenvalue weighted by Crippen LogP contribution is 2.29. The predicted octanol–water partition coefficient (Wildman–Crippen LogP) is 0.815. The van der Waals surface area contributed by atoms with Gasteiger partial charge >= 0.3 is 12.1 Å². The Morgan fingerprint density at radius 3 is 2.62 bits per heavy atom. The van der Waals surface area contributed by atoms with Crippen LogP contribution < -0.4 is 5.73 Å². The average molecular weight is 240 g/mol. The zero-order valence-electron chi connectivity index (χ0n) is 8.70.